The van der Waals surface area contributed by atoms with Crippen LogP contribution >= 0.6 is 0 Å². The molecule has 1 saturated heterocycles. The molecule has 49 heavy (non-hydrogen) atoms. The van der Waals surface area contributed by atoms with Crippen molar-refractivity contribution in [2.45, 2.75) is 82.8 Å². The molecule has 1 aliphatic heterocycles. The number of carbonyl (C=O) groups is 2. The molecule has 2 fully saturated rings. The van der Waals surface area contributed by atoms with Gasteiger partial charge in [0.15, 0.2) is 5.69 Å². The van der Waals surface area contributed by atoms with E-state index in [0.717, 1.165) is 36.1 Å². The lowest BCUT2D eigenvalue weighted by atomic mass is 9.80. The molecule has 4 aromatic rings. The summed E-state index contributed by atoms with van der Waals surface area (Å²) >= 11 is 0. The first-order valence-electron chi connectivity index (χ1n) is 17.3. The number of imidazole rings is 1. The van der Waals surface area contributed by atoms with E-state index in [1.807, 2.05) is 109 Å². The van der Waals surface area contributed by atoms with Crippen molar-refractivity contribution in [2.75, 3.05) is 26.2 Å². The third-order valence-electron chi connectivity index (χ3n) is 9.37. The highest BCUT2D eigenvalue weighted by molar-refractivity contribution is 5.98. The first-order valence-corrected chi connectivity index (χ1v) is 17.3. The van der Waals surface area contributed by atoms with Gasteiger partial charge in [-0.15, -0.1) is 0 Å². The van der Waals surface area contributed by atoms with Crippen LogP contribution in [0.3, 0.4) is 0 Å². The van der Waals surface area contributed by atoms with Crippen molar-refractivity contribution in [3.8, 4) is 11.3 Å². The van der Waals surface area contributed by atoms with Gasteiger partial charge in [0.05, 0.1) is 43.0 Å². The van der Waals surface area contributed by atoms with Gasteiger partial charge in [-0.1, -0.05) is 79.6 Å². The van der Waals surface area contributed by atoms with E-state index in [2.05, 4.69) is 4.98 Å². The minimum Gasteiger partial charge on any atom is -0.444 e. The number of pyridine rings is 1. The summed E-state index contributed by atoms with van der Waals surface area (Å²) in [5, 5.41) is 12.2. The van der Waals surface area contributed by atoms with Gasteiger partial charge >= 0.3 is 6.09 Å². The van der Waals surface area contributed by atoms with Crippen molar-refractivity contribution in [1.82, 2.24) is 24.3 Å². The Hall–Kier alpha value is -4.54. The van der Waals surface area contributed by atoms with Gasteiger partial charge in [-0.05, 0) is 57.7 Å². The Kier molecular flexibility index (Phi) is 10.5. The van der Waals surface area contributed by atoms with Gasteiger partial charge in [0, 0.05) is 31.4 Å². The number of carbonyl (C=O) groups excluding carboxylic acids is 2. The first-order chi connectivity index (χ1) is 23.6. The fourth-order valence-electron chi connectivity index (χ4n) is 7.03. The van der Waals surface area contributed by atoms with Gasteiger partial charge in [0.25, 0.3) is 5.91 Å². The zero-order chi connectivity index (χ0) is 34.4. The molecule has 6 rings (SSSR count). The zero-order valence-electron chi connectivity index (χ0n) is 28.7. The van der Waals surface area contributed by atoms with Gasteiger partial charge in [0.1, 0.15) is 11.2 Å². The van der Waals surface area contributed by atoms with Gasteiger partial charge in [0.2, 0.25) is 0 Å². The van der Waals surface area contributed by atoms with Crippen LogP contribution in [0.25, 0.3) is 11.3 Å². The first kappa shape index (κ1) is 34.3. The normalized spacial score (nSPS) is 21.4. The Morgan fingerprint density at radius 3 is 2.39 bits per heavy atom. The summed E-state index contributed by atoms with van der Waals surface area (Å²) in [6, 6.07) is 24.8. The summed E-state index contributed by atoms with van der Waals surface area (Å²) in [4.78, 5) is 40.5. The molecule has 0 spiro atoms. The number of rotatable bonds is 9. The highest BCUT2D eigenvalue weighted by atomic mass is 16.6. The van der Waals surface area contributed by atoms with Gasteiger partial charge in [-0.25, -0.2) is 9.78 Å². The minimum absolute atomic E-state index is 0.135. The Balaban J connectivity index is 1.31. The predicted molar refractivity (Wildman–Crippen MR) is 187 cm³/mol. The second-order valence-corrected chi connectivity index (χ2v) is 14.2. The number of hydrogen-bond donors (Lipinski definition) is 1. The molecule has 258 valence electrons. The van der Waals surface area contributed by atoms with E-state index in [1.165, 1.54) is 0 Å². The molecular weight excluding hydrogens is 618 g/mol. The van der Waals surface area contributed by atoms with E-state index in [9.17, 15) is 14.7 Å². The second kappa shape index (κ2) is 14.9. The van der Waals surface area contributed by atoms with Crippen LogP contribution in [0.2, 0.25) is 0 Å². The van der Waals surface area contributed by atoms with Crippen LogP contribution in [-0.4, -0.2) is 84.9 Å². The zero-order valence-corrected chi connectivity index (χ0v) is 28.7. The van der Waals surface area contributed by atoms with Crippen LogP contribution in [0.15, 0.2) is 91.4 Å². The molecule has 3 heterocycles. The molecule has 10 heteroatoms. The third kappa shape index (κ3) is 8.20. The molecule has 2 aliphatic rings. The van der Waals surface area contributed by atoms with Crippen LogP contribution in [0, 0.1) is 0 Å². The summed E-state index contributed by atoms with van der Waals surface area (Å²) in [5.41, 5.74) is 1.94. The predicted octanol–water partition coefficient (Wildman–Crippen LogP) is 6.31. The Labute approximate surface area is 288 Å². The fraction of sp³-hybridized carbons (Fsp3) is 0.436. The number of amides is 2. The molecule has 3 atom stereocenters. The molecule has 10 nitrogen and oxygen atoms in total. The van der Waals surface area contributed by atoms with E-state index in [4.69, 9.17) is 14.5 Å². The maximum absolute atomic E-state index is 14.7. The van der Waals surface area contributed by atoms with Gasteiger partial charge in [-0.2, -0.15) is 0 Å². The Bertz CT molecular complexity index is 1690. The van der Waals surface area contributed by atoms with Crippen molar-refractivity contribution in [3.63, 3.8) is 0 Å². The average molecular weight is 666 g/mol. The maximum atomic E-state index is 14.7. The molecule has 1 N–H and O–H groups in total. The molecule has 1 unspecified atom stereocenters. The number of aromatic nitrogens is 3. The Morgan fingerprint density at radius 1 is 0.939 bits per heavy atom. The number of aliphatic hydroxyl groups is 1. The number of ether oxygens (including phenoxy) is 2. The number of piperazine rings is 1. The molecule has 2 aromatic heterocycles. The molecule has 0 radical (unpaired) electrons. The fourth-order valence-corrected chi connectivity index (χ4v) is 7.03. The topological polar surface area (TPSA) is 110 Å². The van der Waals surface area contributed by atoms with Gasteiger partial charge < -0.3 is 28.9 Å². The molecule has 2 amide bonds. The lowest BCUT2D eigenvalue weighted by Crippen LogP contribution is -2.58. The molecule has 2 aromatic carbocycles. The Morgan fingerprint density at radius 2 is 1.67 bits per heavy atom. The molecule has 0 bridgehead atoms. The summed E-state index contributed by atoms with van der Waals surface area (Å²) in [5.74, 6) is -0.201. The smallest absolute Gasteiger partial charge is 0.410 e. The van der Waals surface area contributed by atoms with Crippen molar-refractivity contribution in [1.29, 1.82) is 0 Å². The summed E-state index contributed by atoms with van der Waals surface area (Å²) < 4.78 is 13.8. The van der Waals surface area contributed by atoms with Crippen molar-refractivity contribution in [3.05, 3.63) is 108 Å². The third-order valence-corrected chi connectivity index (χ3v) is 9.37. The van der Waals surface area contributed by atoms with E-state index >= 15 is 0 Å². The van der Waals surface area contributed by atoms with Gasteiger partial charge in [-0.3, -0.25) is 9.78 Å². The monoisotopic (exact) mass is 665 g/mol. The van der Waals surface area contributed by atoms with Crippen LogP contribution in [-0.2, 0) is 22.5 Å². The number of benzene rings is 2. The SMILES string of the molecule is CC(C)(C)OC(=O)N1CCN(C(=O)c2ncn([C@H]3CCCCC3(O)COCc3ccccn3)c2-c2ccccc2)[C@H](Cc2ccccc2)C1. The van der Waals surface area contributed by atoms with Crippen molar-refractivity contribution >= 4 is 12.0 Å². The molecule has 1 saturated carbocycles. The van der Waals surface area contributed by atoms with Crippen LogP contribution in [0.5, 0.6) is 0 Å². The standard InChI is InChI=1S/C39H47N5O5/c1-38(2,3)49-37(46)42-22-23-43(32(25-42)24-29-14-6-4-7-15-29)36(45)34-35(30-16-8-5-9-17-30)44(28-41-34)33-19-10-12-20-39(33,47)27-48-26-31-18-11-13-21-40-31/h4-9,11,13-18,21,28,32-33,47H,10,12,19-20,22-27H2,1-3H3/t32-,33+,39?/m1/s1. The van der Waals surface area contributed by atoms with Crippen LogP contribution < -0.4 is 0 Å². The minimum atomic E-state index is -1.16. The quantitative estimate of drug-likeness (QED) is 0.223. The number of hydrogen-bond acceptors (Lipinski definition) is 7. The molecule has 1 aliphatic carbocycles. The lowest BCUT2D eigenvalue weighted by Gasteiger charge is -2.42. The summed E-state index contributed by atoms with van der Waals surface area (Å²) in [6.45, 7) is 7.03. The van der Waals surface area contributed by atoms with Crippen molar-refractivity contribution < 1.29 is 24.2 Å². The van der Waals surface area contributed by atoms with Crippen LogP contribution in [0.4, 0.5) is 4.79 Å². The summed E-state index contributed by atoms with van der Waals surface area (Å²) in [6.07, 6.45) is 6.74. The van der Waals surface area contributed by atoms with E-state index < -0.39 is 11.2 Å². The molecular formula is C39H47N5O5. The largest absolute Gasteiger partial charge is 0.444 e. The van der Waals surface area contributed by atoms with E-state index in [-0.39, 0.29) is 30.7 Å². The highest BCUT2D eigenvalue weighted by Gasteiger charge is 2.43. The average Bonchev–Trinajstić information content (AvgIpc) is 3.53. The summed E-state index contributed by atoms with van der Waals surface area (Å²) in [7, 11) is 0. The lowest BCUT2D eigenvalue weighted by molar-refractivity contribution is -0.103. The van der Waals surface area contributed by atoms with E-state index in [0.29, 0.717) is 50.5 Å². The highest BCUT2D eigenvalue weighted by Crippen LogP contribution is 2.41. The van der Waals surface area contributed by atoms with Crippen molar-refractivity contribution in [2.24, 2.45) is 0 Å². The van der Waals surface area contributed by atoms with E-state index in [1.54, 1.807) is 17.4 Å². The van der Waals surface area contributed by atoms with Crippen LogP contribution in [0.1, 0.15) is 74.2 Å². The number of nitrogens with zero attached hydrogens (tertiary/aromatic N) is 5. The maximum Gasteiger partial charge on any atom is 0.410 e. The second-order valence-electron chi connectivity index (χ2n) is 14.2.